The van der Waals surface area contributed by atoms with Gasteiger partial charge in [0.15, 0.2) is 0 Å². The Hall–Kier alpha value is -1.36. The topological polar surface area (TPSA) is 81.1 Å². The monoisotopic (exact) mass is 209 g/mol. The van der Waals surface area contributed by atoms with E-state index in [0.717, 1.165) is 24.1 Å². The number of carbonyl (C=O) groups is 1. The third-order valence-electron chi connectivity index (χ3n) is 3.35. The first-order chi connectivity index (χ1) is 7.09. The number of hydrogen-bond acceptors (Lipinski definition) is 3. The van der Waals surface area contributed by atoms with Crippen molar-refractivity contribution in [1.29, 1.82) is 0 Å². The van der Waals surface area contributed by atoms with Crippen molar-refractivity contribution in [2.75, 3.05) is 6.54 Å². The summed E-state index contributed by atoms with van der Waals surface area (Å²) in [6.07, 6.45) is 3.55. The van der Waals surface area contributed by atoms with Gasteiger partial charge in [-0.3, -0.25) is 9.48 Å². The SMILES string of the molecule is Cn1ncc2c1CCC2(CN)CC(=O)O. The molecule has 1 heterocycles. The van der Waals surface area contributed by atoms with Crippen LogP contribution in [0.5, 0.6) is 0 Å². The Kier molecular flexibility index (Phi) is 2.26. The summed E-state index contributed by atoms with van der Waals surface area (Å²) in [5.74, 6) is -0.794. The lowest BCUT2D eigenvalue weighted by Gasteiger charge is -2.25. The standard InChI is InChI=1S/C10H15N3O2/c1-13-8-2-3-10(6-11,4-9(14)15)7(8)5-12-13/h5H,2-4,6,11H2,1H3,(H,14,15). The van der Waals surface area contributed by atoms with Gasteiger partial charge >= 0.3 is 5.97 Å². The highest BCUT2D eigenvalue weighted by atomic mass is 16.4. The van der Waals surface area contributed by atoms with E-state index in [1.165, 1.54) is 0 Å². The Morgan fingerprint density at radius 2 is 2.53 bits per heavy atom. The van der Waals surface area contributed by atoms with Gasteiger partial charge < -0.3 is 10.8 Å². The maximum absolute atomic E-state index is 10.9. The molecule has 1 aliphatic carbocycles. The van der Waals surface area contributed by atoms with Gasteiger partial charge in [-0.25, -0.2) is 0 Å². The molecule has 0 saturated carbocycles. The number of aliphatic carboxylic acids is 1. The molecular formula is C10H15N3O2. The highest BCUT2D eigenvalue weighted by Gasteiger charge is 2.41. The van der Waals surface area contributed by atoms with Crippen molar-refractivity contribution in [1.82, 2.24) is 9.78 Å². The zero-order chi connectivity index (χ0) is 11.1. The van der Waals surface area contributed by atoms with E-state index in [2.05, 4.69) is 5.10 Å². The van der Waals surface area contributed by atoms with E-state index >= 15 is 0 Å². The van der Waals surface area contributed by atoms with E-state index in [0.29, 0.717) is 6.54 Å². The fraction of sp³-hybridized carbons (Fsp3) is 0.600. The molecule has 0 aromatic carbocycles. The van der Waals surface area contributed by atoms with Crippen LogP contribution in [0.4, 0.5) is 0 Å². The van der Waals surface area contributed by atoms with Crippen LogP contribution in [0.1, 0.15) is 24.1 Å². The Labute approximate surface area is 87.9 Å². The normalized spacial score (nSPS) is 24.1. The molecule has 0 amide bonds. The molecule has 0 saturated heterocycles. The molecule has 0 radical (unpaired) electrons. The molecule has 5 nitrogen and oxygen atoms in total. The van der Waals surface area contributed by atoms with E-state index in [4.69, 9.17) is 10.8 Å². The molecule has 0 fully saturated rings. The average Bonchev–Trinajstić information content (AvgIpc) is 2.70. The first-order valence-corrected chi connectivity index (χ1v) is 5.02. The van der Waals surface area contributed by atoms with Gasteiger partial charge in [0.2, 0.25) is 0 Å². The number of hydrogen-bond donors (Lipinski definition) is 2. The van der Waals surface area contributed by atoms with Gasteiger partial charge in [0.1, 0.15) is 0 Å². The Morgan fingerprint density at radius 1 is 1.80 bits per heavy atom. The molecule has 3 N–H and O–H groups in total. The third kappa shape index (κ3) is 1.43. The van der Waals surface area contributed by atoms with Gasteiger partial charge in [0.25, 0.3) is 0 Å². The average molecular weight is 209 g/mol. The second kappa shape index (κ2) is 3.34. The van der Waals surface area contributed by atoms with Crippen LogP contribution in [0.2, 0.25) is 0 Å². The number of nitrogens with two attached hydrogens (primary N) is 1. The summed E-state index contributed by atoms with van der Waals surface area (Å²) in [4.78, 5) is 10.9. The molecule has 82 valence electrons. The summed E-state index contributed by atoms with van der Waals surface area (Å²) in [7, 11) is 1.88. The largest absolute Gasteiger partial charge is 0.481 e. The molecule has 1 atom stereocenters. The quantitative estimate of drug-likeness (QED) is 0.736. The highest BCUT2D eigenvalue weighted by Crippen LogP contribution is 2.40. The van der Waals surface area contributed by atoms with E-state index in [1.807, 2.05) is 11.7 Å². The molecule has 2 rings (SSSR count). The number of nitrogens with zero attached hydrogens (tertiary/aromatic N) is 2. The molecule has 1 aliphatic rings. The van der Waals surface area contributed by atoms with Crippen molar-refractivity contribution in [2.45, 2.75) is 24.7 Å². The van der Waals surface area contributed by atoms with Gasteiger partial charge in [-0.05, 0) is 12.8 Å². The summed E-state index contributed by atoms with van der Waals surface area (Å²) in [5.41, 5.74) is 7.50. The second-order valence-electron chi connectivity index (χ2n) is 4.18. The van der Waals surface area contributed by atoms with Crippen molar-refractivity contribution in [3.05, 3.63) is 17.5 Å². The number of fused-ring (bicyclic) bond motifs is 1. The van der Waals surface area contributed by atoms with Crippen LogP contribution in [-0.2, 0) is 23.7 Å². The molecule has 1 aromatic rings. The molecule has 0 aliphatic heterocycles. The summed E-state index contributed by atoms with van der Waals surface area (Å²) in [5, 5.41) is 13.1. The molecule has 0 bridgehead atoms. The maximum atomic E-state index is 10.9. The number of aromatic nitrogens is 2. The smallest absolute Gasteiger partial charge is 0.304 e. The lowest BCUT2D eigenvalue weighted by Crippen LogP contribution is -2.35. The van der Waals surface area contributed by atoms with Crippen LogP contribution < -0.4 is 5.73 Å². The molecular weight excluding hydrogens is 194 g/mol. The summed E-state index contributed by atoms with van der Waals surface area (Å²) in [6, 6.07) is 0. The summed E-state index contributed by atoms with van der Waals surface area (Å²) >= 11 is 0. The van der Waals surface area contributed by atoms with Crippen LogP contribution in [0.15, 0.2) is 6.20 Å². The van der Waals surface area contributed by atoms with Crippen molar-refractivity contribution in [2.24, 2.45) is 12.8 Å². The Morgan fingerprint density at radius 3 is 3.13 bits per heavy atom. The van der Waals surface area contributed by atoms with E-state index in [9.17, 15) is 4.79 Å². The molecule has 1 unspecified atom stereocenters. The van der Waals surface area contributed by atoms with Crippen molar-refractivity contribution < 1.29 is 9.90 Å². The molecule has 1 aromatic heterocycles. The minimum Gasteiger partial charge on any atom is -0.481 e. The van der Waals surface area contributed by atoms with E-state index in [-0.39, 0.29) is 6.42 Å². The first-order valence-electron chi connectivity index (χ1n) is 5.02. The highest BCUT2D eigenvalue weighted by molar-refractivity contribution is 5.69. The Bertz CT molecular complexity index is 399. The van der Waals surface area contributed by atoms with Crippen LogP contribution in [0.25, 0.3) is 0 Å². The summed E-state index contributed by atoms with van der Waals surface area (Å²) in [6.45, 7) is 0.373. The number of rotatable bonds is 3. The van der Waals surface area contributed by atoms with Crippen LogP contribution in [-0.4, -0.2) is 27.4 Å². The zero-order valence-corrected chi connectivity index (χ0v) is 8.73. The minimum absolute atomic E-state index is 0.0994. The van der Waals surface area contributed by atoms with Gasteiger partial charge in [0.05, 0.1) is 12.6 Å². The summed E-state index contributed by atoms with van der Waals surface area (Å²) < 4.78 is 1.81. The van der Waals surface area contributed by atoms with Crippen LogP contribution in [0.3, 0.4) is 0 Å². The molecule has 5 heteroatoms. The van der Waals surface area contributed by atoms with Gasteiger partial charge in [-0.2, -0.15) is 5.10 Å². The lowest BCUT2D eigenvalue weighted by atomic mass is 9.80. The minimum atomic E-state index is -0.794. The fourth-order valence-electron chi connectivity index (χ4n) is 2.45. The van der Waals surface area contributed by atoms with E-state index < -0.39 is 11.4 Å². The second-order valence-corrected chi connectivity index (χ2v) is 4.18. The predicted molar refractivity (Wildman–Crippen MR) is 54.5 cm³/mol. The van der Waals surface area contributed by atoms with Crippen LogP contribution in [0, 0.1) is 0 Å². The zero-order valence-electron chi connectivity index (χ0n) is 8.73. The van der Waals surface area contributed by atoms with Crippen molar-refractivity contribution >= 4 is 5.97 Å². The number of carboxylic acid groups (broad SMARTS) is 1. The molecule has 0 spiro atoms. The van der Waals surface area contributed by atoms with Gasteiger partial charge in [-0.1, -0.05) is 0 Å². The molecule has 15 heavy (non-hydrogen) atoms. The maximum Gasteiger partial charge on any atom is 0.304 e. The van der Waals surface area contributed by atoms with Gasteiger partial charge in [0, 0.05) is 30.3 Å². The third-order valence-corrected chi connectivity index (χ3v) is 3.35. The first kappa shape index (κ1) is 10.2. The lowest BCUT2D eigenvalue weighted by molar-refractivity contribution is -0.138. The van der Waals surface area contributed by atoms with Crippen molar-refractivity contribution in [3.63, 3.8) is 0 Å². The van der Waals surface area contributed by atoms with Crippen molar-refractivity contribution in [3.8, 4) is 0 Å². The van der Waals surface area contributed by atoms with Gasteiger partial charge in [-0.15, -0.1) is 0 Å². The predicted octanol–water partition coefficient (Wildman–Crippen LogP) is 0.0375. The fourth-order valence-corrected chi connectivity index (χ4v) is 2.45. The Balaban J connectivity index is 2.40. The number of aryl methyl sites for hydroxylation is 1. The number of carboxylic acids is 1. The van der Waals surface area contributed by atoms with Crippen LogP contribution >= 0.6 is 0 Å². The van der Waals surface area contributed by atoms with E-state index in [1.54, 1.807) is 6.20 Å².